The highest BCUT2D eigenvalue weighted by Gasteiger charge is 2.15. The van der Waals surface area contributed by atoms with Gasteiger partial charge in [-0.2, -0.15) is 4.99 Å². The van der Waals surface area contributed by atoms with Crippen LogP contribution in [0.1, 0.15) is 12.5 Å². The zero-order chi connectivity index (χ0) is 18.4. The lowest BCUT2D eigenvalue weighted by Gasteiger charge is -2.12. The van der Waals surface area contributed by atoms with Crippen LogP contribution in [-0.4, -0.2) is 16.6 Å². The van der Waals surface area contributed by atoms with Crippen molar-refractivity contribution in [2.75, 3.05) is 0 Å². The van der Waals surface area contributed by atoms with Gasteiger partial charge in [0.25, 0.3) is 5.91 Å². The van der Waals surface area contributed by atoms with Gasteiger partial charge in [-0.05, 0) is 36.8 Å². The summed E-state index contributed by atoms with van der Waals surface area (Å²) in [6.07, 6.45) is 0.971. The second-order valence-corrected chi connectivity index (χ2v) is 5.81. The summed E-state index contributed by atoms with van der Waals surface area (Å²) in [7, 11) is 0. The molecular formula is C21H19FN2O2. The summed E-state index contributed by atoms with van der Waals surface area (Å²) in [5.74, 6) is -0.943. The molecular weight excluding hydrogens is 331 g/mol. The van der Waals surface area contributed by atoms with Crippen molar-refractivity contribution in [2.45, 2.75) is 19.6 Å². The van der Waals surface area contributed by atoms with Crippen LogP contribution in [0.2, 0.25) is 0 Å². The lowest BCUT2D eigenvalue weighted by Crippen LogP contribution is -2.28. The standard InChI is InChI=1S/C21H19FN2O2/c1-16(26-19-12-6-5-11-18(19)22)21(25)23-20-13-7-8-14-24(20)15-17-9-3-2-4-10-17/h2-14,16H,15H2,1H3. The smallest absolute Gasteiger partial charge is 0.288 e. The third-order valence-corrected chi connectivity index (χ3v) is 3.83. The Hall–Kier alpha value is -3.21. The summed E-state index contributed by atoms with van der Waals surface area (Å²) in [6.45, 7) is 2.15. The van der Waals surface area contributed by atoms with Crippen LogP contribution in [0.3, 0.4) is 0 Å². The number of hydrogen-bond acceptors (Lipinski definition) is 2. The van der Waals surface area contributed by atoms with Crippen LogP contribution in [0.5, 0.6) is 5.75 Å². The first kappa shape index (κ1) is 17.6. The first-order valence-corrected chi connectivity index (χ1v) is 8.32. The van der Waals surface area contributed by atoms with Gasteiger partial charge in [0.2, 0.25) is 0 Å². The number of hydrogen-bond donors (Lipinski definition) is 0. The molecule has 1 unspecified atom stereocenters. The van der Waals surface area contributed by atoms with E-state index in [0.717, 1.165) is 5.56 Å². The summed E-state index contributed by atoms with van der Waals surface area (Å²) in [4.78, 5) is 16.6. The molecule has 1 amide bonds. The van der Waals surface area contributed by atoms with Gasteiger partial charge in [-0.25, -0.2) is 4.39 Å². The lowest BCUT2D eigenvalue weighted by molar-refractivity contribution is -0.124. The molecule has 0 radical (unpaired) electrons. The zero-order valence-electron chi connectivity index (χ0n) is 14.4. The Labute approximate surface area is 151 Å². The Bertz CT molecular complexity index is 951. The molecule has 0 fully saturated rings. The monoisotopic (exact) mass is 350 g/mol. The number of carbonyl (C=O) groups excluding carboxylic acids is 1. The number of amides is 1. The van der Waals surface area contributed by atoms with E-state index in [-0.39, 0.29) is 5.75 Å². The molecule has 3 aromatic rings. The predicted molar refractivity (Wildman–Crippen MR) is 97.0 cm³/mol. The topological polar surface area (TPSA) is 43.6 Å². The molecule has 0 aliphatic rings. The van der Waals surface area contributed by atoms with Crippen molar-refractivity contribution < 1.29 is 13.9 Å². The Morgan fingerprint density at radius 1 is 1.04 bits per heavy atom. The van der Waals surface area contributed by atoms with Crippen molar-refractivity contribution in [1.29, 1.82) is 0 Å². The normalized spacial score (nSPS) is 12.6. The molecule has 0 aliphatic carbocycles. The van der Waals surface area contributed by atoms with Gasteiger partial charge in [0, 0.05) is 12.7 Å². The minimum atomic E-state index is -0.891. The number of nitrogens with zero attached hydrogens (tertiary/aromatic N) is 2. The fourth-order valence-electron chi connectivity index (χ4n) is 2.47. The van der Waals surface area contributed by atoms with E-state index in [1.807, 2.05) is 53.2 Å². The van der Waals surface area contributed by atoms with Crippen molar-refractivity contribution in [3.63, 3.8) is 0 Å². The molecule has 0 bridgehead atoms. The first-order valence-electron chi connectivity index (χ1n) is 8.32. The van der Waals surface area contributed by atoms with Gasteiger partial charge in [-0.15, -0.1) is 0 Å². The van der Waals surface area contributed by atoms with Crippen molar-refractivity contribution >= 4 is 5.91 Å². The molecule has 1 atom stereocenters. The average Bonchev–Trinajstić information content (AvgIpc) is 2.66. The van der Waals surface area contributed by atoms with Crippen LogP contribution in [0.4, 0.5) is 4.39 Å². The van der Waals surface area contributed by atoms with Gasteiger partial charge < -0.3 is 9.30 Å². The molecule has 0 saturated heterocycles. The molecule has 26 heavy (non-hydrogen) atoms. The fraction of sp³-hybridized carbons (Fsp3) is 0.143. The summed E-state index contributed by atoms with van der Waals surface area (Å²) >= 11 is 0. The van der Waals surface area contributed by atoms with E-state index in [1.54, 1.807) is 25.1 Å². The number of aromatic nitrogens is 1. The molecule has 1 heterocycles. The number of pyridine rings is 1. The number of rotatable bonds is 5. The van der Waals surface area contributed by atoms with E-state index in [4.69, 9.17) is 4.74 Å². The van der Waals surface area contributed by atoms with Crippen LogP contribution in [0.25, 0.3) is 0 Å². The number of carbonyl (C=O) groups is 1. The second kappa shape index (κ2) is 8.25. The molecule has 5 heteroatoms. The van der Waals surface area contributed by atoms with E-state index in [1.165, 1.54) is 12.1 Å². The molecule has 0 aliphatic heterocycles. The van der Waals surface area contributed by atoms with E-state index in [9.17, 15) is 9.18 Å². The van der Waals surface area contributed by atoms with Gasteiger partial charge in [0.15, 0.2) is 17.7 Å². The van der Waals surface area contributed by atoms with Gasteiger partial charge in [-0.3, -0.25) is 4.79 Å². The van der Waals surface area contributed by atoms with Gasteiger partial charge >= 0.3 is 0 Å². The third kappa shape index (κ3) is 4.45. The minimum Gasteiger partial charge on any atom is -0.478 e. The van der Waals surface area contributed by atoms with Crippen molar-refractivity contribution in [3.05, 3.63) is 95.9 Å². The molecule has 0 spiro atoms. The molecule has 2 aromatic carbocycles. The van der Waals surface area contributed by atoms with Crippen LogP contribution in [0.15, 0.2) is 84.0 Å². The summed E-state index contributed by atoms with van der Waals surface area (Å²) < 4.78 is 21.0. The molecule has 0 N–H and O–H groups in total. The summed E-state index contributed by atoms with van der Waals surface area (Å²) in [5.41, 5.74) is 1.62. The maximum absolute atomic E-state index is 13.7. The van der Waals surface area contributed by atoms with Crippen LogP contribution < -0.4 is 10.2 Å². The fourth-order valence-corrected chi connectivity index (χ4v) is 2.47. The predicted octanol–water partition coefficient (Wildman–Crippen LogP) is 3.57. The van der Waals surface area contributed by atoms with Crippen LogP contribution in [0, 0.1) is 5.82 Å². The van der Waals surface area contributed by atoms with Crippen molar-refractivity contribution in [2.24, 2.45) is 4.99 Å². The van der Waals surface area contributed by atoms with Gasteiger partial charge in [-0.1, -0.05) is 48.5 Å². The Balaban J connectivity index is 1.81. The highest BCUT2D eigenvalue weighted by molar-refractivity contribution is 5.81. The number of para-hydroxylation sites is 1. The first-order chi connectivity index (χ1) is 12.6. The Morgan fingerprint density at radius 2 is 1.73 bits per heavy atom. The molecule has 0 saturated carbocycles. The maximum Gasteiger partial charge on any atom is 0.288 e. The van der Waals surface area contributed by atoms with Crippen LogP contribution >= 0.6 is 0 Å². The maximum atomic E-state index is 13.7. The van der Waals surface area contributed by atoms with Crippen molar-refractivity contribution in [1.82, 2.24) is 4.57 Å². The molecule has 4 nitrogen and oxygen atoms in total. The van der Waals surface area contributed by atoms with Gasteiger partial charge in [0.1, 0.15) is 5.49 Å². The van der Waals surface area contributed by atoms with E-state index in [2.05, 4.69) is 4.99 Å². The van der Waals surface area contributed by atoms with E-state index >= 15 is 0 Å². The number of benzene rings is 2. The summed E-state index contributed by atoms with van der Waals surface area (Å²) in [6, 6.07) is 21.3. The lowest BCUT2D eigenvalue weighted by atomic mass is 10.2. The van der Waals surface area contributed by atoms with Crippen molar-refractivity contribution in [3.8, 4) is 5.75 Å². The largest absolute Gasteiger partial charge is 0.478 e. The Morgan fingerprint density at radius 3 is 2.50 bits per heavy atom. The second-order valence-electron chi connectivity index (χ2n) is 5.81. The average molecular weight is 350 g/mol. The van der Waals surface area contributed by atoms with E-state index < -0.39 is 17.8 Å². The molecule has 3 rings (SSSR count). The highest BCUT2D eigenvalue weighted by atomic mass is 19.1. The highest BCUT2D eigenvalue weighted by Crippen LogP contribution is 2.17. The number of ether oxygens (including phenoxy) is 1. The Kier molecular flexibility index (Phi) is 5.59. The number of halogens is 1. The van der Waals surface area contributed by atoms with E-state index in [0.29, 0.717) is 12.0 Å². The quantitative estimate of drug-likeness (QED) is 0.706. The zero-order valence-corrected chi connectivity index (χ0v) is 14.4. The SMILES string of the molecule is CC(Oc1ccccc1F)C(=O)N=c1ccccn1Cc1ccccc1. The summed E-state index contributed by atoms with van der Waals surface area (Å²) in [5, 5.41) is 0. The molecule has 132 valence electrons. The molecule has 1 aromatic heterocycles. The van der Waals surface area contributed by atoms with Gasteiger partial charge in [0.05, 0.1) is 0 Å². The minimum absolute atomic E-state index is 0.0359. The van der Waals surface area contributed by atoms with Crippen LogP contribution in [-0.2, 0) is 11.3 Å². The third-order valence-electron chi connectivity index (χ3n) is 3.83.